The lowest BCUT2D eigenvalue weighted by molar-refractivity contribution is 0.0683. The summed E-state index contributed by atoms with van der Waals surface area (Å²) >= 11 is 0. The highest BCUT2D eigenvalue weighted by atomic mass is 19.3. The Bertz CT molecular complexity index is 466. The SMILES string of the molecule is COc1ccc(C(F)F)c(C(=O)O)c1C#N. The van der Waals surface area contributed by atoms with Crippen LogP contribution in [0.2, 0.25) is 0 Å². The summed E-state index contributed by atoms with van der Waals surface area (Å²) in [7, 11) is 1.23. The number of carboxylic acid groups (broad SMARTS) is 1. The Morgan fingerprint density at radius 2 is 2.19 bits per heavy atom. The average molecular weight is 227 g/mol. The molecular weight excluding hydrogens is 220 g/mol. The molecule has 1 rings (SSSR count). The molecule has 0 bridgehead atoms. The molecule has 84 valence electrons. The lowest BCUT2D eigenvalue weighted by Crippen LogP contribution is -2.07. The van der Waals surface area contributed by atoms with Gasteiger partial charge in [-0.3, -0.25) is 0 Å². The van der Waals surface area contributed by atoms with Crippen LogP contribution in [0.3, 0.4) is 0 Å². The molecule has 0 saturated carbocycles. The third-order valence-electron chi connectivity index (χ3n) is 1.98. The van der Waals surface area contributed by atoms with Gasteiger partial charge in [-0.25, -0.2) is 13.6 Å². The number of ether oxygens (including phenoxy) is 1. The summed E-state index contributed by atoms with van der Waals surface area (Å²) in [6, 6.07) is 3.64. The number of methoxy groups -OCH3 is 1. The molecular formula is C10H7F2NO3. The third kappa shape index (κ3) is 1.93. The van der Waals surface area contributed by atoms with Gasteiger partial charge in [0.25, 0.3) is 6.43 Å². The maximum absolute atomic E-state index is 12.5. The number of benzene rings is 1. The molecule has 6 heteroatoms. The minimum Gasteiger partial charge on any atom is -0.495 e. The number of aromatic carboxylic acids is 1. The number of hydrogen-bond acceptors (Lipinski definition) is 3. The molecule has 4 nitrogen and oxygen atoms in total. The number of nitrogens with zero attached hydrogens (tertiary/aromatic N) is 1. The minimum atomic E-state index is -2.95. The summed E-state index contributed by atoms with van der Waals surface area (Å²) in [4.78, 5) is 10.8. The van der Waals surface area contributed by atoms with Crippen molar-refractivity contribution in [1.29, 1.82) is 5.26 Å². The first-order valence-electron chi connectivity index (χ1n) is 4.15. The van der Waals surface area contributed by atoms with Gasteiger partial charge in [-0.15, -0.1) is 0 Å². The maximum Gasteiger partial charge on any atom is 0.337 e. The van der Waals surface area contributed by atoms with E-state index in [1.54, 1.807) is 6.07 Å². The van der Waals surface area contributed by atoms with Crippen LogP contribution in [0.15, 0.2) is 12.1 Å². The first kappa shape index (κ1) is 11.9. The Hall–Kier alpha value is -2.16. The van der Waals surface area contributed by atoms with Gasteiger partial charge >= 0.3 is 5.97 Å². The summed E-state index contributed by atoms with van der Waals surface area (Å²) in [6.45, 7) is 0. The Kier molecular flexibility index (Phi) is 3.40. The van der Waals surface area contributed by atoms with Crippen molar-refractivity contribution in [3.63, 3.8) is 0 Å². The Morgan fingerprint density at radius 3 is 2.56 bits per heavy atom. The molecule has 0 radical (unpaired) electrons. The maximum atomic E-state index is 12.5. The van der Waals surface area contributed by atoms with Crippen LogP contribution in [0.5, 0.6) is 5.75 Å². The number of rotatable bonds is 3. The van der Waals surface area contributed by atoms with E-state index in [1.165, 1.54) is 7.11 Å². The molecule has 0 saturated heterocycles. The quantitative estimate of drug-likeness (QED) is 0.859. The number of carbonyl (C=O) groups is 1. The Balaban J connectivity index is 3.59. The first-order valence-corrected chi connectivity index (χ1v) is 4.15. The van der Waals surface area contributed by atoms with E-state index in [0.29, 0.717) is 0 Å². The lowest BCUT2D eigenvalue weighted by Gasteiger charge is -2.10. The standard InChI is InChI=1S/C10H7F2NO3/c1-16-7-3-2-5(9(11)12)8(10(14)15)6(7)4-13/h2-3,9H,1H3,(H,14,15). The van der Waals surface area contributed by atoms with E-state index < -0.39 is 29.1 Å². The van der Waals surface area contributed by atoms with Crippen molar-refractivity contribution >= 4 is 5.97 Å². The fourth-order valence-corrected chi connectivity index (χ4v) is 1.29. The zero-order valence-electron chi connectivity index (χ0n) is 8.20. The fourth-order valence-electron chi connectivity index (χ4n) is 1.29. The second kappa shape index (κ2) is 4.57. The highest BCUT2D eigenvalue weighted by Crippen LogP contribution is 2.30. The van der Waals surface area contributed by atoms with Gasteiger partial charge in [0.1, 0.15) is 17.4 Å². The van der Waals surface area contributed by atoms with Gasteiger partial charge in [-0.05, 0) is 12.1 Å². The summed E-state index contributed by atoms with van der Waals surface area (Å²) in [5, 5.41) is 17.6. The second-order valence-electron chi connectivity index (χ2n) is 2.82. The van der Waals surface area contributed by atoms with Gasteiger partial charge in [0.15, 0.2) is 0 Å². The highest BCUT2D eigenvalue weighted by molar-refractivity contribution is 5.93. The first-order chi connectivity index (χ1) is 7.52. The Labute approximate surface area is 89.7 Å². The van der Waals surface area contributed by atoms with Gasteiger partial charge in [-0.2, -0.15) is 5.26 Å². The smallest absolute Gasteiger partial charge is 0.337 e. The molecule has 1 aromatic rings. The van der Waals surface area contributed by atoms with Crippen molar-refractivity contribution in [2.24, 2.45) is 0 Å². The van der Waals surface area contributed by atoms with E-state index in [-0.39, 0.29) is 5.75 Å². The van der Waals surface area contributed by atoms with Gasteiger partial charge in [0.2, 0.25) is 0 Å². The molecule has 0 heterocycles. The number of carboxylic acids is 1. The molecule has 0 aromatic heterocycles. The minimum absolute atomic E-state index is 0.0377. The highest BCUT2D eigenvalue weighted by Gasteiger charge is 2.24. The van der Waals surface area contributed by atoms with E-state index in [2.05, 4.69) is 0 Å². The van der Waals surface area contributed by atoms with Crippen molar-refractivity contribution < 1.29 is 23.4 Å². The summed E-state index contributed by atoms with van der Waals surface area (Å²) in [5.74, 6) is -1.62. The predicted molar refractivity (Wildman–Crippen MR) is 49.6 cm³/mol. The van der Waals surface area contributed by atoms with Crippen molar-refractivity contribution in [3.05, 3.63) is 28.8 Å². The number of halogens is 2. The Morgan fingerprint density at radius 1 is 1.56 bits per heavy atom. The van der Waals surface area contributed by atoms with Crippen molar-refractivity contribution in [1.82, 2.24) is 0 Å². The molecule has 16 heavy (non-hydrogen) atoms. The van der Waals surface area contributed by atoms with Crippen LogP contribution >= 0.6 is 0 Å². The number of nitriles is 1. The summed E-state index contributed by atoms with van der Waals surface area (Å²) in [5.41, 5.74) is -1.80. The van der Waals surface area contributed by atoms with E-state index >= 15 is 0 Å². The zero-order valence-corrected chi connectivity index (χ0v) is 8.20. The third-order valence-corrected chi connectivity index (χ3v) is 1.98. The van der Waals surface area contributed by atoms with Crippen LogP contribution < -0.4 is 4.74 Å². The molecule has 0 spiro atoms. The molecule has 0 aliphatic carbocycles. The van der Waals surface area contributed by atoms with Crippen LogP contribution in [0, 0.1) is 11.3 Å². The van der Waals surface area contributed by atoms with E-state index in [9.17, 15) is 13.6 Å². The van der Waals surface area contributed by atoms with Crippen LogP contribution in [0.1, 0.15) is 27.9 Å². The van der Waals surface area contributed by atoms with Gasteiger partial charge < -0.3 is 9.84 Å². The molecule has 0 aliphatic heterocycles. The number of hydrogen-bond donors (Lipinski definition) is 1. The topological polar surface area (TPSA) is 70.3 Å². The van der Waals surface area contributed by atoms with E-state index in [4.69, 9.17) is 15.1 Å². The van der Waals surface area contributed by atoms with Crippen LogP contribution in [-0.4, -0.2) is 18.2 Å². The summed E-state index contributed by atoms with van der Waals surface area (Å²) < 4.78 is 29.8. The molecule has 0 fully saturated rings. The molecule has 1 aromatic carbocycles. The average Bonchev–Trinajstić information content (AvgIpc) is 2.26. The fraction of sp³-hybridized carbons (Fsp3) is 0.200. The monoisotopic (exact) mass is 227 g/mol. The van der Waals surface area contributed by atoms with Crippen molar-refractivity contribution in [2.75, 3.05) is 7.11 Å². The molecule has 0 aliphatic rings. The van der Waals surface area contributed by atoms with Gasteiger partial charge in [0, 0.05) is 5.56 Å². The summed E-state index contributed by atoms with van der Waals surface area (Å²) in [6.07, 6.45) is -2.95. The van der Waals surface area contributed by atoms with Gasteiger partial charge in [-0.1, -0.05) is 0 Å². The van der Waals surface area contributed by atoms with E-state index in [1.807, 2.05) is 0 Å². The second-order valence-corrected chi connectivity index (χ2v) is 2.82. The predicted octanol–water partition coefficient (Wildman–Crippen LogP) is 2.20. The zero-order chi connectivity index (χ0) is 12.3. The van der Waals surface area contributed by atoms with Crippen LogP contribution in [-0.2, 0) is 0 Å². The molecule has 1 N–H and O–H groups in total. The van der Waals surface area contributed by atoms with Gasteiger partial charge in [0.05, 0.1) is 12.7 Å². The van der Waals surface area contributed by atoms with Crippen molar-refractivity contribution in [3.8, 4) is 11.8 Å². The largest absolute Gasteiger partial charge is 0.495 e. The molecule has 0 unspecified atom stereocenters. The number of alkyl halides is 2. The normalized spacial score (nSPS) is 9.94. The molecule has 0 atom stereocenters. The molecule has 0 amide bonds. The van der Waals surface area contributed by atoms with Crippen LogP contribution in [0.25, 0.3) is 0 Å². The van der Waals surface area contributed by atoms with Crippen molar-refractivity contribution in [2.45, 2.75) is 6.43 Å². The lowest BCUT2D eigenvalue weighted by atomic mass is 10.0. The van der Waals surface area contributed by atoms with Crippen LogP contribution in [0.4, 0.5) is 8.78 Å². The van der Waals surface area contributed by atoms with E-state index in [0.717, 1.165) is 12.1 Å².